The molecule has 4 aromatic rings. The van der Waals surface area contributed by atoms with Crippen molar-refractivity contribution < 1.29 is 29.0 Å². The zero-order valence-corrected chi connectivity index (χ0v) is 24.6. The number of aryl methyl sites for hydroxylation is 2. The Labute approximate surface area is 258 Å². The molecule has 1 unspecified atom stereocenters. The van der Waals surface area contributed by atoms with Crippen molar-refractivity contribution in [1.82, 2.24) is 5.32 Å². The third-order valence-electron chi connectivity index (χ3n) is 7.00. The summed E-state index contributed by atoms with van der Waals surface area (Å²) in [6.45, 7) is 1.03. The van der Waals surface area contributed by atoms with Crippen molar-refractivity contribution in [3.05, 3.63) is 126 Å². The first-order valence-corrected chi connectivity index (χ1v) is 14.9. The number of amides is 1. The minimum atomic E-state index is -1.00. The second-order valence-electron chi connectivity index (χ2n) is 10.4. The van der Waals surface area contributed by atoms with Gasteiger partial charge in [0.05, 0.1) is 17.9 Å². The highest BCUT2D eigenvalue weighted by Gasteiger charge is 2.20. The van der Waals surface area contributed by atoms with Gasteiger partial charge < -0.3 is 25.2 Å². The van der Waals surface area contributed by atoms with Crippen molar-refractivity contribution in [2.75, 3.05) is 18.5 Å². The summed E-state index contributed by atoms with van der Waals surface area (Å²) in [6, 6.07) is 32.2. The second-order valence-corrected chi connectivity index (χ2v) is 10.4. The van der Waals surface area contributed by atoms with Gasteiger partial charge in [-0.25, -0.2) is 9.59 Å². The Morgan fingerprint density at radius 2 is 1.39 bits per heavy atom. The largest absolute Gasteiger partial charge is 0.494 e. The van der Waals surface area contributed by atoms with E-state index in [4.69, 9.17) is 9.47 Å². The lowest BCUT2D eigenvalue weighted by atomic mass is 10.0. The zero-order chi connectivity index (χ0) is 31.0. The maximum atomic E-state index is 12.5. The van der Waals surface area contributed by atoms with Gasteiger partial charge in [-0.05, 0) is 79.6 Å². The summed E-state index contributed by atoms with van der Waals surface area (Å²) in [5, 5.41) is 15.8. The fourth-order valence-corrected chi connectivity index (χ4v) is 4.59. The van der Waals surface area contributed by atoms with Gasteiger partial charge in [0.15, 0.2) is 5.75 Å². The number of aliphatic carboxylic acids is 1. The predicted molar refractivity (Wildman–Crippen MR) is 170 cm³/mol. The molecule has 0 aliphatic heterocycles. The minimum Gasteiger partial charge on any atom is -0.494 e. The van der Waals surface area contributed by atoms with Crippen LogP contribution in [0.4, 0.5) is 5.69 Å². The molecule has 3 N–H and O–H groups in total. The second kappa shape index (κ2) is 17.1. The van der Waals surface area contributed by atoms with Gasteiger partial charge in [-0.1, -0.05) is 72.8 Å². The van der Waals surface area contributed by atoms with Gasteiger partial charge in [0.2, 0.25) is 5.91 Å². The Kier molecular flexibility index (Phi) is 12.4. The van der Waals surface area contributed by atoms with Crippen molar-refractivity contribution in [1.29, 1.82) is 0 Å². The molecule has 228 valence electrons. The first-order chi connectivity index (χ1) is 21.5. The summed E-state index contributed by atoms with van der Waals surface area (Å²) in [4.78, 5) is 36.6. The van der Waals surface area contributed by atoms with Crippen LogP contribution in [0.1, 0.15) is 47.2 Å². The van der Waals surface area contributed by atoms with Crippen molar-refractivity contribution in [2.45, 2.75) is 44.6 Å². The smallest absolute Gasteiger partial charge is 0.343 e. The van der Waals surface area contributed by atoms with Gasteiger partial charge in [-0.2, -0.15) is 0 Å². The van der Waals surface area contributed by atoms with Crippen LogP contribution in [-0.4, -0.2) is 42.1 Å². The van der Waals surface area contributed by atoms with Crippen LogP contribution in [0, 0.1) is 0 Å². The molecule has 0 aliphatic carbocycles. The number of para-hydroxylation sites is 2. The molecule has 8 nitrogen and oxygen atoms in total. The average Bonchev–Trinajstić information content (AvgIpc) is 3.05. The third-order valence-corrected chi connectivity index (χ3v) is 7.00. The number of rotatable bonds is 17. The van der Waals surface area contributed by atoms with Gasteiger partial charge in [0, 0.05) is 13.0 Å². The Bertz CT molecular complexity index is 1480. The number of carbonyl (C=O) groups excluding carboxylic acids is 2. The number of nitrogens with one attached hydrogen (secondary N) is 2. The molecular formula is C36H38N2O6. The van der Waals surface area contributed by atoms with E-state index in [1.807, 2.05) is 48.5 Å². The van der Waals surface area contributed by atoms with Gasteiger partial charge in [0.25, 0.3) is 0 Å². The first-order valence-electron chi connectivity index (χ1n) is 14.9. The molecule has 4 aromatic carbocycles. The van der Waals surface area contributed by atoms with Gasteiger partial charge in [0.1, 0.15) is 11.8 Å². The van der Waals surface area contributed by atoms with Crippen LogP contribution < -0.4 is 20.1 Å². The number of esters is 1. The monoisotopic (exact) mass is 594 g/mol. The van der Waals surface area contributed by atoms with E-state index in [-0.39, 0.29) is 11.7 Å². The van der Waals surface area contributed by atoms with Gasteiger partial charge in [-0.3, -0.25) is 4.79 Å². The van der Waals surface area contributed by atoms with Gasteiger partial charge >= 0.3 is 11.9 Å². The van der Waals surface area contributed by atoms with E-state index < -0.39 is 18.0 Å². The molecule has 0 fully saturated rings. The van der Waals surface area contributed by atoms with E-state index in [2.05, 4.69) is 22.8 Å². The molecule has 8 heteroatoms. The number of carboxylic acid groups (broad SMARTS) is 1. The van der Waals surface area contributed by atoms with Crippen LogP contribution in [0.3, 0.4) is 0 Å². The number of hydrogen-bond donors (Lipinski definition) is 3. The molecule has 44 heavy (non-hydrogen) atoms. The van der Waals surface area contributed by atoms with Crippen LogP contribution in [-0.2, 0) is 22.4 Å². The number of benzene rings is 4. The Hall–Kier alpha value is -5.11. The van der Waals surface area contributed by atoms with Crippen LogP contribution in [0.25, 0.3) is 0 Å². The topological polar surface area (TPSA) is 114 Å². The summed E-state index contributed by atoms with van der Waals surface area (Å²) in [5.41, 5.74) is 3.04. The summed E-state index contributed by atoms with van der Waals surface area (Å²) in [6.07, 6.45) is 3.75. The van der Waals surface area contributed by atoms with Crippen molar-refractivity contribution in [3.63, 3.8) is 0 Å². The van der Waals surface area contributed by atoms with Crippen LogP contribution >= 0.6 is 0 Å². The summed E-state index contributed by atoms with van der Waals surface area (Å²) in [5.74, 6) is -0.497. The van der Waals surface area contributed by atoms with Crippen molar-refractivity contribution >= 4 is 23.5 Å². The minimum absolute atomic E-state index is 0.0520. The maximum Gasteiger partial charge on any atom is 0.343 e. The van der Waals surface area contributed by atoms with E-state index in [9.17, 15) is 19.5 Å². The Balaban J connectivity index is 1.17. The quantitative estimate of drug-likeness (QED) is 0.0746. The first kappa shape index (κ1) is 31.8. The molecule has 0 heterocycles. The highest BCUT2D eigenvalue weighted by atomic mass is 16.5. The summed E-state index contributed by atoms with van der Waals surface area (Å²) in [7, 11) is 0. The maximum absolute atomic E-state index is 12.5. The molecule has 0 saturated heterocycles. The fraction of sp³-hybridized carbons (Fsp3) is 0.250. The van der Waals surface area contributed by atoms with Crippen LogP contribution in [0.15, 0.2) is 109 Å². The van der Waals surface area contributed by atoms with E-state index >= 15 is 0 Å². The number of carboxylic acids is 1. The van der Waals surface area contributed by atoms with Crippen molar-refractivity contribution in [2.24, 2.45) is 0 Å². The average molecular weight is 595 g/mol. The van der Waals surface area contributed by atoms with Crippen LogP contribution in [0.5, 0.6) is 11.5 Å². The zero-order valence-electron chi connectivity index (χ0n) is 24.6. The summed E-state index contributed by atoms with van der Waals surface area (Å²) >= 11 is 0. The molecule has 0 spiro atoms. The van der Waals surface area contributed by atoms with Gasteiger partial charge in [-0.15, -0.1) is 0 Å². The molecule has 4 rings (SSSR count). The highest BCUT2D eigenvalue weighted by Crippen LogP contribution is 2.26. The number of ether oxygens (including phenoxy) is 2. The molecule has 0 saturated carbocycles. The highest BCUT2D eigenvalue weighted by molar-refractivity contribution is 5.92. The Morgan fingerprint density at radius 1 is 0.727 bits per heavy atom. The molecule has 0 bridgehead atoms. The third kappa shape index (κ3) is 10.6. The van der Waals surface area contributed by atoms with Crippen LogP contribution in [0.2, 0.25) is 0 Å². The summed E-state index contributed by atoms with van der Waals surface area (Å²) < 4.78 is 11.4. The SMILES string of the molecule is O=C(CCCc1ccccc1)NCCCOc1ccc(CCC(Nc2ccccc2OC(=O)c2ccccc2)C(=O)O)cc1. The van der Waals surface area contributed by atoms with E-state index in [0.29, 0.717) is 55.8 Å². The van der Waals surface area contributed by atoms with Crippen molar-refractivity contribution in [3.8, 4) is 11.5 Å². The number of anilines is 1. The molecule has 0 radical (unpaired) electrons. The lowest BCUT2D eigenvalue weighted by Gasteiger charge is -2.18. The molecule has 0 aromatic heterocycles. The van der Waals surface area contributed by atoms with E-state index in [0.717, 1.165) is 18.4 Å². The number of carbonyl (C=O) groups is 3. The molecular weight excluding hydrogens is 556 g/mol. The standard InChI is InChI=1S/C36H38N2O6/c39-34(18-9-13-27-11-3-1-4-12-27)37-25-10-26-43-30-22-19-28(20-23-30)21-24-32(35(40)41)38-31-16-7-8-17-33(31)44-36(42)29-14-5-2-6-15-29/h1-8,11-12,14-17,19-20,22-23,32,38H,9-10,13,18,21,24-26H2,(H,37,39)(H,40,41). The Morgan fingerprint density at radius 3 is 2.11 bits per heavy atom. The molecule has 1 amide bonds. The molecule has 1 atom stereocenters. The predicted octanol–water partition coefficient (Wildman–Crippen LogP) is 6.31. The molecule has 0 aliphatic rings. The fourth-order valence-electron chi connectivity index (χ4n) is 4.59. The van der Waals surface area contributed by atoms with E-state index in [1.165, 1.54) is 5.56 Å². The lowest BCUT2D eigenvalue weighted by molar-refractivity contribution is -0.138. The van der Waals surface area contributed by atoms with E-state index in [1.54, 1.807) is 48.5 Å². The lowest BCUT2D eigenvalue weighted by Crippen LogP contribution is -2.30. The number of hydrogen-bond acceptors (Lipinski definition) is 6. The normalized spacial score (nSPS) is 11.3.